The van der Waals surface area contributed by atoms with E-state index in [9.17, 15) is 71.2 Å². The molecule has 0 bridgehead atoms. The summed E-state index contributed by atoms with van der Waals surface area (Å²) in [5.41, 5.74) is 0.0498. The third-order valence-electron chi connectivity index (χ3n) is 8.53. The molecule has 18 nitrogen and oxygen atoms in total. The standard InChI is InChI=1S/C26H45NO17/c1-8-2-13(19(37)20(38)15(8)27-10-3-9(4-28)16(34)21(39)17(10)35)42-25-14(7-31)43-26(23(41)22(25)40)44-24(12(33)6-30)18(36)11(32)5-29/h3,5,8,10-28,30-41H,2,4,6-7H2,1H3/t8-,10-,11-,12+,13-,14+,15+,16+,17-,18+,19-,20-,21-,22+,23+,24+,25+,26+/m0/s1. The van der Waals surface area contributed by atoms with Gasteiger partial charge in [0.25, 0.3) is 0 Å². The molecule has 1 saturated heterocycles. The van der Waals surface area contributed by atoms with Crippen LogP contribution in [0.3, 0.4) is 0 Å². The van der Waals surface area contributed by atoms with E-state index >= 15 is 0 Å². The zero-order valence-electron chi connectivity index (χ0n) is 23.8. The lowest BCUT2D eigenvalue weighted by Gasteiger charge is -2.48. The van der Waals surface area contributed by atoms with Crippen LogP contribution < -0.4 is 5.32 Å². The van der Waals surface area contributed by atoms with Crippen LogP contribution in [-0.4, -0.2) is 196 Å². The molecule has 256 valence electrons. The van der Waals surface area contributed by atoms with Crippen molar-refractivity contribution >= 4 is 6.29 Å². The number of aliphatic hydroxyl groups excluding tert-OH is 13. The van der Waals surface area contributed by atoms with Gasteiger partial charge in [-0.1, -0.05) is 13.0 Å². The number of carbonyl (C=O) groups excluding carboxylic acids is 1. The fourth-order valence-electron chi connectivity index (χ4n) is 5.85. The van der Waals surface area contributed by atoms with Crippen molar-refractivity contribution in [2.75, 3.05) is 19.8 Å². The molecule has 0 aromatic heterocycles. The van der Waals surface area contributed by atoms with Crippen LogP contribution in [0.2, 0.25) is 0 Å². The summed E-state index contributed by atoms with van der Waals surface area (Å²) >= 11 is 0. The number of aliphatic hydroxyl groups is 13. The molecule has 0 amide bonds. The first-order chi connectivity index (χ1) is 20.7. The summed E-state index contributed by atoms with van der Waals surface area (Å²) in [6.45, 7) is -0.754. The highest BCUT2D eigenvalue weighted by Crippen LogP contribution is 2.34. The minimum absolute atomic E-state index is 0.0262. The van der Waals surface area contributed by atoms with Gasteiger partial charge in [0.2, 0.25) is 0 Å². The topological polar surface area (TPSA) is 320 Å². The second-order valence-corrected chi connectivity index (χ2v) is 11.6. The molecule has 18 heteroatoms. The van der Waals surface area contributed by atoms with Crippen molar-refractivity contribution in [1.82, 2.24) is 5.32 Å². The van der Waals surface area contributed by atoms with Gasteiger partial charge in [0.15, 0.2) is 12.6 Å². The van der Waals surface area contributed by atoms with E-state index in [-0.39, 0.29) is 18.3 Å². The molecule has 14 N–H and O–H groups in total. The molecule has 1 aliphatic heterocycles. The number of hydrogen-bond acceptors (Lipinski definition) is 18. The number of nitrogens with one attached hydrogen (secondary N) is 1. The Morgan fingerprint density at radius 3 is 2.18 bits per heavy atom. The zero-order chi connectivity index (χ0) is 33.0. The normalized spacial score (nSPS) is 44.4. The Morgan fingerprint density at radius 1 is 0.955 bits per heavy atom. The van der Waals surface area contributed by atoms with Crippen molar-refractivity contribution in [2.45, 2.75) is 117 Å². The molecule has 18 atom stereocenters. The molecular weight excluding hydrogens is 598 g/mol. The summed E-state index contributed by atoms with van der Waals surface area (Å²) in [6.07, 6.45) is -24.3. The van der Waals surface area contributed by atoms with E-state index in [0.29, 0.717) is 0 Å². The highest BCUT2D eigenvalue weighted by atomic mass is 16.7. The van der Waals surface area contributed by atoms with Crippen molar-refractivity contribution < 1.29 is 85.4 Å². The van der Waals surface area contributed by atoms with Gasteiger partial charge in [0.05, 0.1) is 38.1 Å². The summed E-state index contributed by atoms with van der Waals surface area (Å²) < 4.78 is 16.6. The minimum atomic E-state index is -2.08. The molecule has 0 unspecified atom stereocenters. The lowest BCUT2D eigenvalue weighted by Crippen LogP contribution is -2.66. The average Bonchev–Trinajstić information content (AvgIpc) is 3.02. The fraction of sp³-hybridized carbons (Fsp3) is 0.885. The Balaban J connectivity index is 1.71. The van der Waals surface area contributed by atoms with Crippen molar-refractivity contribution in [3.8, 4) is 0 Å². The van der Waals surface area contributed by atoms with Gasteiger partial charge in [0.1, 0.15) is 73.2 Å². The fourth-order valence-corrected chi connectivity index (χ4v) is 5.85. The molecule has 3 aliphatic rings. The molecule has 2 fully saturated rings. The largest absolute Gasteiger partial charge is 0.394 e. The van der Waals surface area contributed by atoms with Gasteiger partial charge in [-0.05, 0) is 17.9 Å². The van der Waals surface area contributed by atoms with E-state index in [1.807, 2.05) is 0 Å². The van der Waals surface area contributed by atoms with Crippen molar-refractivity contribution in [1.29, 1.82) is 0 Å². The quantitative estimate of drug-likeness (QED) is 0.0654. The summed E-state index contributed by atoms with van der Waals surface area (Å²) in [7, 11) is 0. The number of aldehydes is 1. The zero-order valence-corrected chi connectivity index (χ0v) is 23.8. The van der Waals surface area contributed by atoms with Crippen LogP contribution in [0.4, 0.5) is 0 Å². The number of rotatable bonds is 13. The third kappa shape index (κ3) is 7.81. The summed E-state index contributed by atoms with van der Waals surface area (Å²) in [4.78, 5) is 10.9. The Labute approximate surface area is 252 Å². The first kappa shape index (κ1) is 37.2. The number of carbonyl (C=O) groups is 1. The second kappa shape index (κ2) is 16.0. The van der Waals surface area contributed by atoms with E-state index in [1.165, 1.54) is 6.08 Å². The highest BCUT2D eigenvalue weighted by Gasteiger charge is 2.51. The van der Waals surface area contributed by atoms with Crippen LogP contribution in [0.25, 0.3) is 0 Å². The van der Waals surface area contributed by atoms with Gasteiger partial charge in [-0.2, -0.15) is 0 Å². The van der Waals surface area contributed by atoms with Gasteiger partial charge in [-0.15, -0.1) is 0 Å². The SMILES string of the molecule is C[C@H]1C[C@H](O[C@H]2[C@H](O)[C@@H](O)[C@@H](O[C@@H]([C@H](O)[C@@H](O)C=O)[C@H](O)CO)O[C@@H]2CO)[C@H](O)[C@@H](O)[C@@H]1N[C@H]1C=C(CO)[C@@H](O)[C@H](O)[C@H]1O. The molecule has 3 rings (SSSR count). The van der Waals surface area contributed by atoms with Crippen molar-refractivity contribution in [3.05, 3.63) is 11.6 Å². The van der Waals surface area contributed by atoms with Crippen LogP contribution in [0, 0.1) is 5.92 Å². The lowest BCUT2D eigenvalue weighted by molar-refractivity contribution is -0.338. The predicted molar refractivity (Wildman–Crippen MR) is 142 cm³/mol. The van der Waals surface area contributed by atoms with Gasteiger partial charge in [-0.25, -0.2) is 0 Å². The number of hydrogen-bond donors (Lipinski definition) is 14. The monoisotopic (exact) mass is 643 g/mol. The maximum absolute atomic E-state index is 11.0. The first-order valence-electron chi connectivity index (χ1n) is 14.2. The maximum Gasteiger partial charge on any atom is 0.187 e. The van der Waals surface area contributed by atoms with E-state index in [1.54, 1.807) is 6.92 Å². The summed E-state index contributed by atoms with van der Waals surface area (Å²) in [5.74, 6) is -0.498. The molecule has 1 saturated carbocycles. The van der Waals surface area contributed by atoms with Gasteiger partial charge in [-0.3, -0.25) is 0 Å². The Bertz CT molecular complexity index is 942. The van der Waals surface area contributed by atoms with Crippen molar-refractivity contribution in [3.63, 3.8) is 0 Å². The van der Waals surface area contributed by atoms with Crippen LogP contribution >= 0.6 is 0 Å². The van der Waals surface area contributed by atoms with E-state index in [2.05, 4.69) is 5.32 Å². The molecule has 0 aromatic rings. The highest BCUT2D eigenvalue weighted by molar-refractivity contribution is 5.56. The molecule has 0 aromatic carbocycles. The lowest BCUT2D eigenvalue weighted by atomic mass is 9.78. The van der Waals surface area contributed by atoms with Crippen LogP contribution in [0.5, 0.6) is 0 Å². The second-order valence-electron chi connectivity index (χ2n) is 11.6. The molecular formula is C26H45NO17. The summed E-state index contributed by atoms with van der Waals surface area (Å²) in [5, 5.41) is 136. The summed E-state index contributed by atoms with van der Waals surface area (Å²) in [6, 6.07) is -1.91. The molecule has 1 heterocycles. The Kier molecular flexibility index (Phi) is 13.5. The minimum Gasteiger partial charge on any atom is -0.394 e. The number of ether oxygens (including phenoxy) is 3. The molecule has 0 spiro atoms. The van der Waals surface area contributed by atoms with Crippen LogP contribution in [-0.2, 0) is 19.0 Å². The smallest absolute Gasteiger partial charge is 0.187 e. The van der Waals surface area contributed by atoms with Crippen LogP contribution in [0.15, 0.2) is 11.6 Å². The predicted octanol–water partition coefficient (Wildman–Crippen LogP) is -8.06. The van der Waals surface area contributed by atoms with Gasteiger partial charge in [0, 0.05) is 6.04 Å². The van der Waals surface area contributed by atoms with Crippen LogP contribution in [0.1, 0.15) is 13.3 Å². The maximum atomic E-state index is 11.0. The van der Waals surface area contributed by atoms with E-state index in [0.717, 1.165) is 0 Å². The van der Waals surface area contributed by atoms with Gasteiger partial charge >= 0.3 is 0 Å². The molecule has 44 heavy (non-hydrogen) atoms. The first-order valence-corrected chi connectivity index (χ1v) is 14.2. The molecule has 2 aliphatic carbocycles. The van der Waals surface area contributed by atoms with E-state index < -0.39 is 130 Å². The molecule has 0 radical (unpaired) electrons. The average molecular weight is 644 g/mol. The van der Waals surface area contributed by atoms with Gasteiger partial charge < -0.3 is 90.7 Å². The van der Waals surface area contributed by atoms with E-state index in [4.69, 9.17) is 14.2 Å². The Morgan fingerprint density at radius 2 is 1.61 bits per heavy atom. The third-order valence-corrected chi connectivity index (χ3v) is 8.53. The van der Waals surface area contributed by atoms with Crippen molar-refractivity contribution in [2.24, 2.45) is 5.92 Å². The Hall–Kier alpha value is -1.27.